The number of aliphatic imine (C=N–C) groups is 1. The Hall–Kier alpha value is -2.59. The third kappa shape index (κ3) is 4.12. The number of rotatable bonds is 3. The van der Waals surface area contributed by atoms with Gasteiger partial charge in [0.05, 0.1) is 10.9 Å². The fourth-order valence-corrected chi connectivity index (χ4v) is 4.77. The molecule has 5 heteroatoms. The van der Waals surface area contributed by atoms with E-state index in [2.05, 4.69) is 40.1 Å². The average molecular weight is 449 g/mol. The molecule has 2 aliphatic rings. The van der Waals surface area contributed by atoms with Gasteiger partial charge in [-0.05, 0) is 42.3 Å². The van der Waals surface area contributed by atoms with Gasteiger partial charge in [-0.15, -0.1) is 0 Å². The Kier molecular flexibility index (Phi) is 5.77. The predicted molar refractivity (Wildman–Crippen MR) is 122 cm³/mol. The van der Waals surface area contributed by atoms with Gasteiger partial charge in [0, 0.05) is 10.2 Å². The number of nitrogens with zero attached hydrogens (tertiary/aromatic N) is 2. The fourth-order valence-electron chi connectivity index (χ4n) is 3.09. The van der Waals surface area contributed by atoms with Crippen LogP contribution in [0.5, 0.6) is 0 Å². The van der Waals surface area contributed by atoms with E-state index < -0.39 is 0 Å². The molecule has 1 saturated heterocycles. The minimum atomic E-state index is -0.141. The highest BCUT2D eigenvalue weighted by Gasteiger charge is 2.35. The first-order chi connectivity index (χ1) is 13.7. The maximum atomic E-state index is 12.0. The minimum absolute atomic E-state index is 0.141. The summed E-state index contributed by atoms with van der Waals surface area (Å²) in [4.78, 5) is 18.7. The number of allylic oxidation sites excluding steroid dienone is 5. The lowest BCUT2D eigenvalue weighted by atomic mass is 10.1. The second-order valence-electron chi connectivity index (χ2n) is 6.30. The monoisotopic (exact) mass is 448 g/mol. The molecule has 0 aromatic heterocycles. The van der Waals surface area contributed by atoms with Crippen LogP contribution in [0.1, 0.15) is 6.42 Å². The van der Waals surface area contributed by atoms with Crippen molar-refractivity contribution in [2.45, 2.75) is 11.7 Å². The first kappa shape index (κ1) is 18.8. The Bertz CT molecular complexity index is 1030. The van der Waals surface area contributed by atoms with E-state index >= 15 is 0 Å². The first-order valence-corrected chi connectivity index (χ1v) is 10.6. The molecule has 1 fully saturated rings. The summed E-state index contributed by atoms with van der Waals surface area (Å²) < 4.78 is 1.03. The summed E-state index contributed by atoms with van der Waals surface area (Å²) in [5.74, 6) is 2.18. The van der Waals surface area contributed by atoms with Crippen LogP contribution in [0.3, 0.4) is 0 Å². The SMILES string of the molecule is O=C=C1C(C=C2C=C(Br)C=CC2)SC(=Nc2ccccc2)N1c1ccccc1. The number of anilines is 1. The Balaban J connectivity index is 1.77. The molecule has 0 amide bonds. The van der Waals surface area contributed by atoms with E-state index in [1.807, 2.05) is 71.6 Å². The van der Waals surface area contributed by atoms with E-state index in [9.17, 15) is 4.79 Å². The molecule has 0 N–H and O–H groups in total. The van der Waals surface area contributed by atoms with Crippen LogP contribution < -0.4 is 4.90 Å². The Morgan fingerprint density at radius 2 is 1.82 bits per heavy atom. The van der Waals surface area contributed by atoms with Gasteiger partial charge >= 0.3 is 0 Å². The van der Waals surface area contributed by atoms with Crippen molar-refractivity contribution in [2.75, 3.05) is 4.90 Å². The molecule has 1 atom stereocenters. The topological polar surface area (TPSA) is 32.7 Å². The molecule has 0 saturated carbocycles. The Morgan fingerprint density at radius 3 is 2.50 bits per heavy atom. The largest absolute Gasteiger partial charge is 0.282 e. The molecule has 1 aliphatic heterocycles. The van der Waals surface area contributed by atoms with Crippen molar-refractivity contribution in [1.29, 1.82) is 0 Å². The molecule has 138 valence electrons. The summed E-state index contributed by atoms with van der Waals surface area (Å²) in [7, 11) is 0. The van der Waals surface area contributed by atoms with Gasteiger partial charge < -0.3 is 0 Å². The lowest BCUT2D eigenvalue weighted by molar-refractivity contribution is 0.566. The number of halogens is 1. The second-order valence-corrected chi connectivity index (χ2v) is 8.33. The number of para-hydroxylation sites is 2. The normalized spacial score (nSPS) is 21.9. The molecule has 1 heterocycles. The predicted octanol–water partition coefficient (Wildman–Crippen LogP) is 6.18. The molecule has 0 spiro atoms. The van der Waals surface area contributed by atoms with Crippen molar-refractivity contribution < 1.29 is 4.79 Å². The molecular weight excluding hydrogens is 432 g/mol. The standard InChI is InChI=1S/C23H17BrN2OS/c24-18-9-7-8-17(14-18)15-22-21(16-27)26(20-12-5-2-6-13-20)23(28-22)25-19-10-3-1-4-11-19/h1-7,9-15,22H,8H2. The Morgan fingerprint density at radius 1 is 1.11 bits per heavy atom. The highest BCUT2D eigenvalue weighted by atomic mass is 79.9. The highest BCUT2D eigenvalue weighted by Crippen LogP contribution is 2.40. The van der Waals surface area contributed by atoms with E-state index in [1.54, 1.807) is 11.8 Å². The number of hydrogen-bond donors (Lipinski definition) is 0. The summed E-state index contributed by atoms with van der Waals surface area (Å²) in [6.07, 6.45) is 9.19. The van der Waals surface area contributed by atoms with Crippen LogP contribution in [0.4, 0.5) is 11.4 Å². The number of amidine groups is 1. The summed E-state index contributed by atoms with van der Waals surface area (Å²) in [5, 5.41) is 0.630. The Labute approximate surface area is 177 Å². The molecule has 1 unspecified atom stereocenters. The maximum Gasteiger partial charge on any atom is 0.174 e. The molecular formula is C23H17BrN2OS. The van der Waals surface area contributed by atoms with E-state index in [0.29, 0.717) is 5.70 Å². The third-order valence-corrected chi connectivity index (χ3v) is 5.94. The molecule has 0 radical (unpaired) electrons. The van der Waals surface area contributed by atoms with Gasteiger partial charge in [-0.3, -0.25) is 4.90 Å². The van der Waals surface area contributed by atoms with Gasteiger partial charge in [-0.1, -0.05) is 82.3 Å². The lowest BCUT2D eigenvalue weighted by Gasteiger charge is -2.18. The van der Waals surface area contributed by atoms with Crippen molar-refractivity contribution in [3.63, 3.8) is 0 Å². The molecule has 1 aliphatic carbocycles. The van der Waals surface area contributed by atoms with Crippen molar-refractivity contribution in [3.8, 4) is 0 Å². The van der Waals surface area contributed by atoms with Gasteiger partial charge in [-0.25, -0.2) is 9.79 Å². The minimum Gasteiger partial charge on any atom is -0.282 e. The van der Waals surface area contributed by atoms with E-state index in [0.717, 1.165) is 33.0 Å². The fraction of sp³-hybridized carbons (Fsp3) is 0.0870. The van der Waals surface area contributed by atoms with Gasteiger partial charge in [0.1, 0.15) is 11.6 Å². The molecule has 4 rings (SSSR count). The highest BCUT2D eigenvalue weighted by molar-refractivity contribution is 9.11. The van der Waals surface area contributed by atoms with E-state index in [-0.39, 0.29) is 5.25 Å². The van der Waals surface area contributed by atoms with Crippen molar-refractivity contribution in [3.05, 3.63) is 101 Å². The smallest absolute Gasteiger partial charge is 0.174 e. The number of benzene rings is 2. The summed E-state index contributed by atoms with van der Waals surface area (Å²) in [6.45, 7) is 0. The van der Waals surface area contributed by atoms with Gasteiger partial charge in [0.15, 0.2) is 5.17 Å². The second kappa shape index (κ2) is 8.61. The van der Waals surface area contributed by atoms with Crippen LogP contribution >= 0.6 is 27.7 Å². The molecule has 2 aromatic rings. The zero-order valence-corrected chi connectivity index (χ0v) is 17.4. The quantitative estimate of drug-likeness (QED) is 0.525. The van der Waals surface area contributed by atoms with Gasteiger partial charge in [-0.2, -0.15) is 0 Å². The summed E-state index contributed by atoms with van der Waals surface area (Å²) in [6, 6.07) is 19.6. The van der Waals surface area contributed by atoms with E-state index in [4.69, 9.17) is 4.99 Å². The van der Waals surface area contributed by atoms with Crippen molar-refractivity contribution in [2.24, 2.45) is 4.99 Å². The van der Waals surface area contributed by atoms with Gasteiger partial charge in [0.25, 0.3) is 0 Å². The number of carbonyl (C=O) groups excluding carboxylic acids is 1. The molecule has 28 heavy (non-hydrogen) atoms. The molecule has 2 aromatic carbocycles. The van der Waals surface area contributed by atoms with Gasteiger partial charge in [0.2, 0.25) is 0 Å². The number of hydrogen-bond acceptors (Lipinski definition) is 3. The third-order valence-electron chi connectivity index (χ3n) is 4.35. The zero-order chi connectivity index (χ0) is 19.3. The van der Waals surface area contributed by atoms with Crippen LogP contribution in [0.2, 0.25) is 0 Å². The first-order valence-electron chi connectivity index (χ1n) is 8.89. The molecule has 0 bridgehead atoms. The number of thioether (sulfide) groups is 1. The maximum absolute atomic E-state index is 12.0. The van der Waals surface area contributed by atoms with Crippen LogP contribution in [-0.2, 0) is 4.79 Å². The van der Waals surface area contributed by atoms with Crippen molar-refractivity contribution in [1.82, 2.24) is 0 Å². The average Bonchev–Trinajstić information content (AvgIpc) is 3.06. The van der Waals surface area contributed by atoms with Crippen molar-refractivity contribution >= 4 is 50.2 Å². The molecule has 3 nitrogen and oxygen atoms in total. The van der Waals surface area contributed by atoms with E-state index in [1.165, 1.54) is 0 Å². The van der Waals surface area contributed by atoms with Crippen LogP contribution in [0, 0.1) is 0 Å². The summed E-state index contributed by atoms with van der Waals surface area (Å²) in [5.41, 5.74) is 3.49. The van der Waals surface area contributed by atoms with Crippen LogP contribution in [0.25, 0.3) is 0 Å². The van der Waals surface area contributed by atoms with Crippen LogP contribution in [0.15, 0.2) is 106 Å². The lowest BCUT2D eigenvalue weighted by Crippen LogP contribution is -2.23. The zero-order valence-electron chi connectivity index (χ0n) is 15.0. The summed E-state index contributed by atoms with van der Waals surface area (Å²) >= 11 is 5.09. The van der Waals surface area contributed by atoms with Crippen LogP contribution in [-0.4, -0.2) is 16.4 Å².